The number of hydrogen-bond acceptors (Lipinski definition) is 3. The number of amidine groups is 1. The zero-order chi connectivity index (χ0) is 8.85. The Bertz CT molecular complexity index is 143. The second-order valence-electron chi connectivity index (χ2n) is 2.56. The van der Waals surface area contributed by atoms with Gasteiger partial charge in [0.15, 0.2) is 0 Å². The molecule has 11 heavy (non-hydrogen) atoms. The molecule has 0 aromatic rings. The molecule has 1 unspecified atom stereocenters. The van der Waals surface area contributed by atoms with Gasteiger partial charge in [0, 0.05) is 12.6 Å². The normalized spacial score (nSPS) is 12.3. The maximum atomic E-state index is 7.27. The Morgan fingerprint density at radius 1 is 1.73 bits per heavy atom. The van der Waals surface area contributed by atoms with E-state index < -0.39 is 0 Å². The van der Waals surface area contributed by atoms with Crippen molar-refractivity contribution in [3.8, 4) is 0 Å². The van der Waals surface area contributed by atoms with Crippen molar-refractivity contribution in [1.82, 2.24) is 10.2 Å². The molecule has 0 radical (unpaired) electrons. The first-order valence-electron chi connectivity index (χ1n) is 3.61. The van der Waals surface area contributed by atoms with Gasteiger partial charge in [0.05, 0.1) is 12.2 Å². The van der Waals surface area contributed by atoms with E-state index in [0.717, 1.165) is 0 Å². The van der Waals surface area contributed by atoms with Crippen LogP contribution in [0, 0.1) is 10.8 Å². The van der Waals surface area contributed by atoms with Crippen LogP contribution in [0.2, 0.25) is 0 Å². The average molecular weight is 156 g/mol. The second kappa shape index (κ2) is 4.85. The minimum atomic E-state index is 0.303. The van der Waals surface area contributed by atoms with E-state index in [1.165, 1.54) is 6.34 Å². The Balaban J connectivity index is 3.87. The van der Waals surface area contributed by atoms with E-state index >= 15 is 0 Å². The van der Waals surface area contributed by atoms with Gasteiger partial charge in [-0.1, -0.05) is 0 Å². The van der Waals surface area contributed by atoms with Crippen LogP contribution in [0.25, 0.3) is 0 Å². The molecule has 0 heterocycles. The molecule has 0 rings (SSSR count). The summed E-state index contributed by atoms with van der Waals surface area (Å²) in [7, 11) is 1.87. The minimum Gasteiger partial charge on any atom is -0.320 e. The fourth-order valence-corrected chi connectivity index (χ4v) is 0.673. The van der Waals surface area contributed by atoms with Crippen molar-refractivity contribution < 1.29 is 0 Å². The molecule has 0 saturated carbocycles. The quantitative estimate of drug-likeness (QED) is 0.410. The highest BCUT2D eigenvalue weighted by atomic mass is 15.2. The Hall–Kier alpha value is -0.900. The molecule has 0 aromatic heterocycles. The lowest BCUT2D eigenvalue weighted by Gasteiger charge is -2.20. The number of hydrogen-bond donors (Lipinski definition) is 3. The lowest BCUT2D eigenvalue weighted by atomic mass is 10.3. The Labute approximate surface area is 67.6 Å². The van der Waals surface area contributed by atoms with Gasteiger partial charge in [-0.05, 0) is 20.9 Å². The zero-order valence-electron chi connectivity index (χ0n) is 7.31. The Morgan fingerprint density at radius 3 is 2.55 bits per heavy atom. The van der Waals surface area contributed by atoms with E-state index in [0.29, 0.717) is 18.4 Å². The van der Waals surface area contributed by atoms with E-state index in [4.69, 9.17) is 10.8 Å². The summed E-state index contributed by atoms with van der Waals surface area (Å²) in [4.78, 5) is 1.58. The maximum absolute atomic E-state index is 7.27. The second-order valence-corrected chi connectivity index (χ2v) is 2.56. The van der Waals surface area contributed by atoms with Crippen molar-refractivity contribution in [2.24, 2.45) is 0 Å². The average Bonchev–Trinajstić information content (AvgIpc) is 1.99. The van der Waals surface area contributed by atoms with Crippen LogP contribution in [0.1, 0.15) is 13.8 Å². The van der Waals surface area contributed by atoms with Crippen molar-refractivity contribution in [2.75, 3.05) is 13.6 Å². The summed E-state index contributed by atoms with van der Waals surface area (Å²) >= 11 is 0. The minimum absolute atomic E-state index is 0.303. The van der Waals surface area contributed by atoms with Crippen LogP contribution in [0.5, 0.6) is 0 Å². The Kier molecular flexibility index (Phi) is 4.45. The van der Waals surface area contributed by atoms with Crippen LogP contribution in [0.15, 0.2) is 0 Å². The highest BCUT2D eigenvalue weighted by Crippen LogP contribution is 1.88. The summed E-state index contributed by atoms with van der Waals surface area (Å²) in [6.07, 6.45) is 1.18. The standard InChI is InChI=1S/C7H16N4/c1-6(10-3)4-11(5-8)7(2)9/h5-6,8-10H,4H2,1-3H3. The van der Waals surface area contributed by atoms with Gasteiger partial charge >= 0.3 is 0 Å². The largest absolute Gasteiger partial charge is 0.320 e. The highest BCUT2D eigenvalue weighted by Gasteiger charge is 2.05. The monoisotopic (exact) mass is 156 g/mol. The highest BCUT2D eigenvalue weighted by molar-refractivity contribution is 5.86. The SMILES string of the molecule is CNC(C)CN(C=N)C(C)=N. The van der Waals surface area contributed by atoms with Crippen LogP contribution in [-0.4, -0.2) is 36.7 Å². The Morgan fingerprint density at radius 2 is 2.27 bits per heavy atom. The molecule has 0 aliphatic heterocycles. The third-order valence-electron chi connectivity index (χ3n) is 1.55. The molecule has 4 nitrogen and oxygen atoms in total. The topological polar surface area (TPSA) is 63.0 Å². The summed E-state index contributed by atoms with van der Waals surface area (Å²) in [6, 6.07) is 0.303. The van der Waals surface area contributed by atoms with Gasteiger partial charge in [-0.25, -0.2) is 0 Å². The third-order valence-corrected chi connectivity index (χ3v) is 1.55. The number of nitrogens with zero attached hydrogens (tertiary/aromatic N) is 1. The van der Waals surface area contributed by atoms with Gasteiger partial charge in [-0.3, -0.25) is 10.8 Å². The molecule has 0 fully saturated rings. The molecule has 0 aliphatic carbocycles. The number of rotatable bonds is 4. The molecule has 64 valence electrons. The molecular weight excluding hydrogens is 140 g/mol. The summed E-state index contributed by atoms with van der Waals surface area (Å²) in [5.41, 5.74) is 0. The van der Waals surface area contributed by atoms with Crippen LogP contribution in [-0.2, 0) is 0 Å². The maximum Gasteiger partial charge on any atom is 0.0978 e. The zero-order valence-corrected chi connectivity index (χ0v) is 7.31. The van der Waals surface area contributed by atoms with Gasteiger partial charge in [0.25, 0.3) is 0 Å². The van der Waals surface area contributed by atoms with Gasteiger partial charge in [0.2, 0.25) is 0 Å². The lowest BCUT2D eigenvalue weighted by Crippen LogP contribution is -2.38. The predicted molar refractivity (Wildman–Crippen MR) is 47.4 cm³/mol. The van der Waals surface area contributed by atoms with E-state index in [1.54, 1.807) is 11.8 Å². The van der Waals surface area contributed by atoms with Gasteiger partial charge in [-0.15, -0.1) is 0 Å². The van der Waals surface area contributed by atoms with Crippen LogP contribution in [0.4, 0.5) is 0 Å². The number of likely N-dealkylation sites (N-methyl/N-ethyl adjacent to an activating group) is 1. The molecule has 0 aliphatic rings. The molecule has 0 aromatic carbocycles. The van der Waals surface area contributed by atoms with Gasteiger partial charge in [-0.2, -0.15) is 0 Å². The van der Waals surface area contributed by atoms with Crippen molar-refractivity contribution in [1.29, 1.82) is 10.8 Å². The van der Waals surface area contributed by atoms with Crippen LogP contribution < -0.4 is 5.32 Å². The molecular formula is C7H16N4. The fourth-order valence-electron chi connectivity index (χ4n) is 0.673. The smallest absolute Gasteiger partial charge is 0.0978 e. The van der Waals surface area contributed by atoms with Crippen molar-refractivity contribution >= 4 is 12.2 Å². The first-order chi connectivity index (χ1) is 5.11. The van der Waals surface area contributed by atoms with Gasteiger partial charge in [0.1, 0.15) is 0 Å². The van der Waals surface area contributed by atoms with Gasteiger partial charge < -0.3 is 10.2 Å². The van der Waals surface area contributed by atoms with E-state index in [2.05, 4.69) is 5.32 Å². The molecule has 1 atom stereocenters. The predicted octanol–water partition coefficient (Wildman–Crippen LogP) is 0.501. The van der Waals surface area contributed by atoms with E-state index in [9.17, 15) is 0 Å². The first kappa shape index (κ1) is 10.1. The molecule has 0 amide bonds. The lowest BCUT2D eigenvalue weighted by molar-refractivity contribution is 0.490. The summed E-state index contributed by atoms with van der Waals surface area (Å²) in [6.45, 7) is 4.36. The van der Waals surface area contributed by atoms with Crippen molar-refractivity contribution in [3.63, 3.8) is 0 Å². The van der Waals surface area contributed by atoms with E-state index in [-0.39, 0.29) is 0 Å². The van der Waals surface area contributed by atoms with Crippen LogP contribution in [0.3, 0.4) is 0 Å². The summed E-state index contributed by atoms with van der Waals surface area (Å²) in [5.74, 6) is 0.405. The van der Waals surface area contributed by atoms with E-state index in [1.807, 2.05) is 14.0 Å². The summed E-state index contributed by atoms with van der Waals surface area (Å²) in [5, 5.41) is 17.3. The molecule has 0 bridgehead atoms. The first-order valence-corrected chi connectivity index (χ1v) is 3.61. The van der Waals surface area contributed by atoms with Crippen molar-refractivity contribution in [2.45, 2.75) is 19.9 Å². The number of nitrogens with one attached hydrogen (secondary N) is 3. The third kappa shape index (κ3) is 3.72. The molecule has 0 spiro atoms. The molecule has 0 saturated heterocycles. The fraction of sp³-hybridized carbons (Fsp3) is 0.714. The molecule has 3 N–H and O–H groups in total. The molecule has 4 heteroatoms. The van der Waals surface area contributed by atoms with Crippen molar-refractivity contribution in [3.05, 3.63) is 0 Å². The van der Waals surface area contributed by atoms with Crippen LogP contribution >= 0.6 is 0 Å². The summed E-state index contributed by atoms with van der Waals surface area (Å²) < 4.78 is 0.